The summed E-state index contributed by atoms with van der Waals surface area (Å²) in [6.45, 7) is 6.77. The minimum atomic E-state index is -0.790. The summed E-state index contributed by atoms with van der Waals surface area (Å²) in [5.41, 5.74) is -0.790. The molecule has 1 radical (unpaired) electrons. The predicted octanol–water partition coefficient (Wildman–Crippen LogP) is 1.66. The van der Waals surface area contributed by atoms with Gasteiger partial charge in [0.2, 0.25) is 5.54 Å². The van der Waals surface area contributed by atoms with Gasteiger partial charge in [0.05, 0.1) is 0 Å². The summed E-state index contributed by atoms with van der Waals surface area (Å²) in [5, 5.41) is 10.2. The molecule has 0 aromatic rings. The Labute approximate surface area is 55.2 Å². The maximum atomic E-state index is 10.2. The molecule has 0 aliphatic rings. The molecule has 0 aromatic heterocycles. The minimum absolute atomic E-state index is 0.266. The van der Waals surface area contributed by atoms with E-state index in [4.69, 9.17) is 0 Å². The minimum Gasteiger partial charge on any atom is -0.264 e. The molecule has 0 saturated heterocycles. The number of nitrogens with zero attached hydrogens (tertiary/aromatic N) is 1. The van der Waals surface area contributed by atoms with Crippen LogP contribution in [0.25, 0.3) is 0 Å². The Morgan fingerprint density at radius 2 is 2.11 bits per heavy atom. The summed E-state index contributed by atoms with van der Waals surface area (Å²) < 4.78 is 0. The lowest BCUT2D eigenvalue weighted by molar-refractivity contribution is -0.561. The van der Waals surface area contributed by atoms with Gasteiger partial charge in [0.1, 0.15) is 0 Å². The summed E-state index contributed by atoms with van der Waals surface area (Å²) in [5.74, 6) is 0. The summed E-state index contributed by atoms with van der Waals surface area (Å²) in [6, 6.07) is 0. The number of hydrogen-bond donors (Lipinski definition) is 0. The van der Waals surface area contributed by atoms with E-state index in [1.165, 1.54) is 0 Å². The molecule has 3 heteroatoms. The third-order valence-corrected chi connectivity index (χ3v) is 1.28. The van der Waals surface area contributed by atoms with E-state index in [0.29, 0.717) is 12.8 Å². The van der Waals surface area contributed by atoms with Crippen LogP contribution < -0.4 is 0 Å². The van der Waals surface area contributed by atoms with Crippen LogP contribution in [0, 0.1) is 17.0 Å². The first-order valence-corrected chi connectivity index (χ1v) is 2.94. The van der Waals surface area contributed by atoms with E-state index in [-0.39, 0.29) is 4.92 Å². The normalized spacial score (nSPS) is 11.4. The van der Waals surface area contributed by atoms with Crippen LogP contribution in [0.2, 0.25) is 0 Å². The van der Waals surface area contributed by atoms with Gasteiger partial charge in [-0.15, -0.1) is 0 Å². The first-order chi connectivity index (χ1) is 4.00. The van der Waals surface area contributed by atoms with E-state index >= 15 is 0 Å². The van der Waals surface area contributed by atoms with Crippen molar-refractivity contribution in [3.05, 3.63) is 17.0 Å². The van der Waals surface area contributed by atoms with Crippen molar-refractivity contribution in [3.63, 3.8) is 0 Å². The van der Waals surface area contributed by atoms with E-state index in [1.807, 2.05) is 0 Å². The molecule has 0 N–H and O–H groups in total. The Bertz CT molecular complexity index is 110. The molecular weight excluding hydrogens is 118 g/mol. The van der Waals surface area contributed by atoms with Crippen LogP contribution in [0.3, 0.4) is 0 Å². The Balaban J connectivity index is 3.85. The molecule has 0 amide bonds. The average Bonchev–Trinajstić information content (AvgIpc) is 1.65. The topological polar surface area (TPSA) is 43.1 Å². The zero-order valence-corrected chi connectivity index (χ0v) is 5.89. The highest BCUT2D eigenvalue weighted by molar-refractivity contribution is 4.66. The first-order valence-electron chi connectivity index (χ1n) is 2.94. The fourth-order valence-electron chi connectivity index (χ4n) is 0.524. The molecule has 0 atom stereocenters. The molecule has 0 aliphatic heterocycles. The molecule has 53 valence electrons. The Hall–Kier alpha value is -0.600. The van der Waals surface area contributed by atoms with Gasteiger partial charge in [-0.2, -0.15) is 0 Å². The smallest absolute Gasteiger partial charge is 0.216 e. The molecular formula is C6H12NO2. The summed E-state index contributed by atoms with van der Waals surface area (Å²) in [6.07, 6.45) is 1.16. The largest absolute Gasteiger partial charge is 0.264 e. The Morgan fingerprint density at radius 3 is 2.22 bits per heavy atom. The molecule has 0 aliphatic carbocycles. The van der Waals surface area contributed by atoms with Crippen LogP contribution in [0.15, 0.2) is 0 Å². The molecule has 0 heterocycles. The Kier molecular flexibility index (Phi) is 2.62. The third kappa shape index (κ3) is 2.44. The fraction of sp³-hybridized carbons (Fsp3) is 0.833. The second-order valence-electron chi connectivity index (χ2n) is 2.67. The van der Waals surface area contributed by atoms with Crippen molar-refractivity contribution in [2.75, 3.05) is 0 Å². The zero-order valence-electron chi connectivity index (χ0n) is 5.89. The molecule has 3 nitrogen and oxygen atoms in total. The van der Waals surface area contributed by atoms with Gasteiger partial charge in [0, 0.05) is 25.2 Å². The molecule has 0 fully saturated rings. The van der Waals surface area contributed by atoms with Gasteiger partial charge in [-0.3, -0.25) is 10.1 Å². The quantitative estimate of drug-likeness (QED) is 0.430. The predicted molar refractivity (Wildman–Crippen MR) is 35.7 cm³/mol. The van der Waals surface area contributed by atoms with Crippen LogP contribution in [0.4, 0.5) is 0 Å². The van der Waals surface area contributed by atoms with E-state index in [9.17, 15) is 10.1 Å². The van der Waals surface area contributed by atoms with Crippen molar-refractivity contribution in [2.45, 2.75) is 32.2 Å². The van der Waals surface area contributed by atoms with Gasteiger partial charge in [0.25, 0.3) is 0 Å². The summed E-state index contributed by atoms with van der Waals surface area (Å²) in [4.78, 5) is 9.92. The molecule has 0 saturated carbocycles. The molecule has 0 bridgehead atoms. The lowest BCUT2D eigenvalue weighted by Gasteiger charge is -2.12. The highest BCUT2D eigenvalue weighted by Gasteiger charge is 2.28. The van der Waals surface area contributed by atoms with Crippen LogP contribution in [0.1, 0.15) is 26.7 Å². The second kappa shape index (κ2) is 2.80. The Morgan fingerprint density at radius 1 is 1.67 bits per heavy atom. The van der Waals surface area contributed by atoms with Crippen LogP contribution >= 0.6 is 0 Å². The molecule has 0 aromatic carbocycles. The number of hydrogen-bond acceptors (Lipinski definition) is 2. The van der Waals surface area contributed by atoms with E-state index in [1.54, 1.807) is 13.8 Å². The van der Waals surface area contributed by atoms with Crippen molar-refractivity contribution in [3.8, 4) is 0 Å². The summed E-state index contributed by atoms with van der Waals surface area (Å²) >= 11 is 0. The van der Waals surface area contributed by atoms with Gasteiger partial charge in [-0.05, 0) is 6.42 Å². The average molecular weight is 130 g/mol. The number of rotatable bonds is 3. The van der Waals surface area contributed by atoms with Crippen molar-refractivity contribution in [1.82, 2.24) is 0 Å². The second-order valence-corrected chi connectivity index (χ2v) is 2.67. The first kappa shape index (κ1) is 8.40. The molecule has 0 spiro atoms. The van der Waals surface area contributed by atoms with Gasteiger partial charge in [-0.25, -0.2) is 0 Å². The maximum absolute atomic E-state index is 10.2. The van der Waals surface area contributed by atoms with Gasteiger partial charge in [0.15, 0.2) is 0 Å². The van der Waals surface area contributed by atoms with Crippen molar-refractivity contribution >= 4 is 0 Å². The van der Waals surface area contributed by atoms with Crippen molar-refractivity contribution in [1.29, 1.82) is 0 Å². The third-order valence-electron chi connectivity index (χ3n) is 1.28. The summed E-state index contributed by atoms with van der Waals surface area (Å²) in [7, 11) is 0. The van der Waals surface area contributed by atoms with Crippen LogP contribution in [-0.2, 0) is 0 Å². The van der Waals surface area contributed by atoms with Crippen LogP contribution in [-0.4, -0.2) is 10.5 Å². The van der Waals surface area contributed by atoms with Crippen LogP contribution in [0.5, 0.6) is 0 Å². The maximum Gasteiger partial charge on any atom is 0.216 e. The lowest BCUT2D eigenvalue weighted by atomic mass is 10.0. The lowest BCUT2D eigenvalue weighted by Crippen LogP contribution is -2.30. The van der Waals surface area contributed by atoms with E-state index in [0.717, 1.165) is 0 Å². The van der Waals surface area contributed by atoms with E-state index < -0.39 is 5.54 Å². The highest BCUT2D eigenvalue weighted by Crippen LogP contribution is 2.13. The molecule has 0 unspecified atom stereocenters. The fourth-order valence-corrected chi connectivity index (χ4v) is 0.524. The zero-order chi connectivity index (χ0) is 7.49. The van der Waals surface area contributed by atoms with Crippen molar-refractivity contribution < 1.29 is 4.92 Å². The number of nitro groups is 1. The van der Waals surface area contributed by atoms with Crippen molar-refractivity contribution in [2.24, 2.45) is 0 Å². The van der Waals surface area contributed by atoms with Gasteiger partial charge in [-0.1, -0.05) is 6.92 Å². The highest BCUT2D eigenvalue weighted by atomic mass is 16.6. The molecule has 0 rings (SSSR count). The SMILES string of the molecule is [CH2]CCC(C)(C)[N+](=O)[O-]. The molecule has 9 heavy (non-hydrogen) atoms. The van der Waals surface area contributed by atoms with Gasteiger partial charge >= 0.3 is 0 Å². The monoisotopic (exact) mass is 130 g/mol. The van der Waals surface area contributed by atoms with E-state index in [2.05, 4.69) is 6.92 Å². The van der Waals surface area contributed by atoms with Gasteiger partial charge < -0.3 is 0 Å². The standard InChI is InChI=1S/C6H12NO2/c1-4-5-6(2,3)7(8)9/h1,4-5H2,2-3H3.